The van der Waals surface area contributed by atoms with Crippen molar-refractivity contribution in [2.75, 3.05) is 38.9 Å². The molecule has 0 N–H and O–H groups in total. The smallest absolute Gasteiger partial charge is 0.258 e. The van der Waals surface area contributed by atoms with E-state index in [9.17, 15) is 14.4 Å². The van der Waals surface area contributed by atoms with Crippen molar-refractivity contribution in [3.63, 3.8) is 0 Å². The Bertz CT molecular complexity index is 1210. The van der Waals surface area contributed by atoms with Crippen LogP contribution in [0.2, 0.25) is 5.02 Å². The number of methoxy groups -OCH3 is 2. The summed E-state index contributed by atoms with van der Waals surface area (Å²) in [6.07, 6.45) is 1.50. The summed E-state index contributed by atoms with van der Waals surface area (Å²) in [5, 5.41) is 0.550. The van der Waals surface area contributed by atoms with E-state index in [1.54, 1.807) is 54.6 Å². The first kappa shape index (κ1) is 24.2. The van der Waals surface area contributed by atoms with Crippen molar-refractivity contribution in [2.45, 2.75) is 6.54 Å². The number of rotatable bonds is 8. The average Bonchev–Trinajstić information content (AvgIpc) is 3.53. The van der Waals surface area contributed by atoms with Crippen LogP contribution in [0.15, 0.2) is 65.3 Å². The molecule has 1 fully saturated rings. The van der Waals surface area contributed by atoms with Crippen molar-refractivity contribution < 1.29 is 28.3 Å². The van der Waals surface area contributed by atoms with Gasteiger partial charge in [-0.25, -0.2) is 0 Å². The van der Waals surface area contributed by atoms with Crippen molar-refractivity contribution in [1.82, 2.24) is 9.80 Å². The predicted molar refractivity (Wildman–Crippen MR) is 129 cm³/mol. The minimum Gasteiger partial charge on any atom is -0.497 e. The van der Waals surface area contributed by atoms with E-state index in [0.29, 0.717) is 28.0 Å². The lowest BCUT2D eigenvalue weighted by molar-refractivity contribution is -0.132. The standard InChI is InChI=1S/C25H24ClN3O6/c1-33-19-9-10-21(22(12-19)34-2)25(32)27(13-20-4-3-11-35-20)14-23(30)28-15-24(31)29(16-28)18-7-5-17(26)6-8-18/h3-12H,13-16H2,1-2H3. The molecule has 0 radical (unpaired) electrons. The molecule has 35 heavy (non-hydrogen) atoms. The summed E-state index contributed by atoms with van der Waals surface area (Å²) in [6, 6.07) is 15.1. The maximum Gasteiger partial charge on any atom is 0.258 e. The fourth-order valence-corrected chi connectivity index (χ4v) is 3.89. The second-order valence-corrected chi connectivity index (χ2v) is 8.27. The molecule has 182 valence electrons. The molecule has 1 saturated heterocycles. The van der Waals surface area contributed by atoms with Crippen LogP contribution in [0.4, 0.5) is 5.69 Å². The van der Waals surface area contributed by atoms with Gasteiger partial charge in [-0.1, -0.05) is 11.6 Å². The van der Waals surface area contributed by atoms with Gasteiger partial charge < -0.3 is 23.7 Å². The second kappa shape index (κ2) is 10.5. The number of hydrogen-bond acceptors (Lipinski definition) is 6. The maximum atomic E-state index is 13.5. The van der Waals surface area contributed by atoms with Gasteiger partial charge in [0, 0.05) is 16.8 Å². The Hall–Kier alpha value is -3.98. The fourth-order valence-electron chi connectivity index (χ4n) is 3.76. The molecule has 0 aliphatic carbocycles. The Morgan fingerprint density at radius 2 is 1.86 bits per heavy atom. The van der Waals surface area contributed by atoms with Gasteiger partial charge in [-0.3, -0.25) is 19.3 Å². The molecule has 10 heteroatoms. The summed E-state index contributed by atoms with van der Waals surface area (Å²) in [7, 11) is 2.97. The molecule has 0 bridgehead atoms. The van der Waals surface area contributed by atoms with Crippen molar-refractivity contribution in [1.29, 1.82) is 0 Å². The molecule has 1 aromatic heterocycles. The van der Waals surface area contributed by atoms with Crippen LogP contribution in [0, 0.1) is 0 Å². The van der Waals surface area contributed by atoms with E-state index in [4.69, 9.17) is 25.5 Å². The third-order valence-corrected chi connectivity index (χ3v) is 5.86. The number of carbonyl (C=O) groups is 3. The molecule has 2 aromatic carbocycles. The van der Waals surface area contributed by atoms with Crippen molar-refractivity contribution in [2.24, 2.45) is 0 Å². The van der Waals surface area contributed by atoms with Crippen LogP contribution in [0.25, 0.3) is 0 Å². The fraction of sp³-hybridized carbons (Fsp3) is 0.240. The summed E-state index contributed by atoms with van der Waals surface area (Å²) in [5.41, 5.74) is 0.911. The molecule has 3 amide bonds. The largest absolute Gasteiger partial charge is 0.497 e. The molecular weight excluding hydrogens is 474 g/mol. The lowest BCUT2D eigenvalue weighted by Gasteiger charge is -2.25. The van der Waals surface area contributed by atoms with Crippen LogP contribution < -0.4 is 14.4 Å². The van der Waals surface area contributed by atoms with E-state index < -0.39 is 5.91 Å². The lowest BCUT2D eigenvalue weighted by atomic mass is 10.1. The molecule has 0 unspecified atom stereocenters. The number of furan rings is 1. The normalized spacial score (nSPS) is 13.2. The van der Waals surface area contributed by atoms with E-state index in [-0.39, 0.29) is 43.7 Å². The number of benzene rings is 2. The van der Waals surface area contributed by atoms with Crippen LogP contribution in [-0.2, 0) is 16.1 Å². The quantitative estimate of drug-likeness (QED) is 0.473. The van der Waals surface area contributed by atoms with E-state index in [1.165, 1.54) is 35.2 Å². The SMILES string of the molecule is COc1ccc(C(=O)N(CC(=O)N2CC(=O)N(c3ccc(Cl)cc3)C2)Cc2ccco2)c(OC)c1. The number of carbonyl (C=O) groups excluding carboxylic acids is 3. The molecular formula is C25H24ClN3O6. The van der Waals surface area contributed by atoms with Crippen LogP contribution in [0.1, 0.15) is 16.1 Å². The minimum absolute atomic E-state index is 0.0649. The van der Waals surface area contributed by atoms with Gasteiger partial charge in [-0.05, 0) is 48.5 Å². The van der Waals surface area contributed by atoms with Gasteiger partial charge in [-0.2, -0.15) is 0 Å². The molecule has 2 heterocycles. The highest BCUT2D eigenvalue weighted by atomic mass is 35.5. The Labute approximate surface area is 207 Å². The van der Waals surface area contributed by atoms with Gasteiger partial charge >= 0.3 is 0 Å². The third kappa shape index (κ3) is 5.41. The first-order valence-electron chi connectivity index (χ1n) is 10.8. The minimum atomic E-state index is -0.422. The summed E-state index contributed by atoms with van der Waals surface area (Å²) in [6.45, 7) is -0.198. The number of ether oxygens (including phenoxy) is 2. The number of hydrogen-bond donors (Lipinski definition) is 0. The zero-order valence-electron chi connectivity index (χ0n) is 19.3. The summed E-state index contributed by atoms with van der Waals surface area (Å²) in [5.74, 6) is 0.346. The highest BCUT2D eigenvalue weighted by Crippen LogP contribution is 2.27. The van der Waals surface area contributed by atoms with Crippen LogP contribution in [-0.4, -0.2) is 61.5 Å². The summed E-state index contributed by atoms with van der Waals surface area (Å²) < 4.78 is 16.0. The van der Waals surface area contributed by atoms with Crippen molar-refractivity contribution in [3.8, 4) is 11.5 Å². The summed E-state index contributed by atoms with van der Waals surface area (Å²) in [4.78, 5) is 43.5. The molecule has 1 aliphatic rings. The van der Waals surface area contributed by atoms with Gasteiger partial charge in [0.15, 0.2) is 0 Å². The lowest BCUT2D eigenvalue weighted by Crippen LogP contribution is -2.42. The van der Waals surface area contributed by atoms with Gasteiger partial charge in [0.05, 0.1) is 32.6 Å². The number of anilines is 1. The number of amides is 3. The first-order valence-corrected chi connectivity index (χ1v) is 11.1. The average molecular weight is 498 g/mol. The summed E-state index contributed by atoms with van der Waals surface area (Å²) >= 11 is 5.94. The Morgan fingerprint density at radius 1 is 1.09 bits per heavy atom. The van der Waals surface area contributed by atoms with Gasteiger partial charge in [0.25, 0.3) is 5.91 Å². The van der Waals surface area contributed by atoms with Crippen LogP contribution in [0.5, 0.6) is 11.5 Å². The highest BCUT2D eigenvalue weighted by molar-refractivity contribution is 6.30. The first-order chi connectivity index (χ1) is 16.9. The topological polar surface area (TPSA) is 92.5 Å². The zero-order valence-corrected chi connectivity index (χ0v) is 20.0. The number of nitrogens with zero attached hydrogens (tertiary/aromatic N) is 3. The van der Waals surface area contributed by atoms with Crippen LogP contribution >= 0.6 is 11.6 Å². The Morgan fingerprint density at radius 3 is 2.51 bits per heavy atom. The molecule has 0 atom stereocenters. The van der Waals surface area contributed by atoms with Gasteiger partial charge in [0.2, 0.25) is 11.8 Å². The molecule has 0 spiro atoms. The van der Waals surface area contributed by atoms with E-state index >= 15 is 0 Å². The highest BCUT2D eigenvalue weighted by Gasteiger charge is 2.33. The zero-order chi connectivity index (χ0) is 24.9. The van der Waals surface area contributed by atoms with E-state index in [1.807, 2.05) is 0 Å². The monoisotopic (exact) mass is 497 g/mol. The molecule has 9 nitrogen and oxygen atoms in total. The van der Waals surface area contributed by atoms with Crippen molar-refractivity contribution in [3.05, 3.63) is 77.2 Å². The van der Waals surface area contributed by atoms with Gasteiger partial charge in [0.1, 0.15) is 37.0 Å². The predicted octanol–water partition coefficient (Wildman–Crippen LogP) is 3.43. The number of halogens is 1. The molecule has 1 aliphatic heterocycles. The van der Waals surface area contributed by atoms with Crippen molar-refractivity contribution >= 4 is 35.0 Å². The molecule has 0 saturated carbocycles. The molecule has 4 rings (SSSR count). The van der Waals surface area contributed by atoms with E-state index in [0.717, 1.165) is 0 Å². The van der Waals surface area contributed by atoms with Crippen LogP contribution in [0.3, 0.4) is 0 Å². The van der Waals surface area contributed by atoms with Gasteiger partial charge in [-0.15, -0.1) is 0 Å². The van der Waals surface area contributed by atoms with E-state index in [2.05, 4.69) is 0 Å². The third-order valence-electron chi connectivity index (χ3n) is 5.61. The molecule has 3 aromatic rings. The second-order valence-electron chi connectivity index (χ2n) is 7.84. The Kier molecular flexibility index (Phi) is 7.26. The Balaban J connectivity index is 1.54. The maximum absolute atomic E-state index is 13.5.